The number of anilines is 1. The van der Waals surface area contributed by atoms with Crippen molar-refractivity contribution in [1.82, 2.24) is 0 Å². The van der Waals surface area contributed by atoms with Crippen LogP contribution in [0.15, 0.2) is 42.5 Å². The summed E-state index contributed by atoms with van der Waals surface area (Å²) < 4.78 is 12.0. The number of hydrogen-bond donors (Lipinski definition) is 0. The number of ether oxygens (including phenoxy) is 2. The standard InChI is InChI=1S/C19H15NO4/c21-17-13-5-1-2-6-14(13)18(22)20(17)12-7-8-15-16(11-12)24-19(23-15)9-3-4-10-19/h1-2,5-8,11H,3-4,9-10H2. The molecule has 24 heavy (non-hydrogen) atoms. The number of imide groups is 1. The van der Waals surface area contributed by atoms with Crippen molar-refractivity contribution in [2.75, 3.05) is 4.90 Å². The predicted octanol–water partition coefficient (Wildman–Crippen LogP) is 3.53. The summed E-state index contributed by atoms with van der Waals surface area (Å²) in [4.78, 5) is 26.4. The molecule has 0 aromatic heterocycles. The second-order valence-corrected chi connectivity index (χ2v) is 6.44. The zero-order valence-electron chi connectivity index (χ0n) is 13.0. The topological polar surface area (TPSA) is 55.8 Å². The molecule has 2 heterocycles. The van der Waals surface area contributed by atoms with Crippen LogP contribution in [-0.4, -0.2) is 17.6 Å². The molecule has 0 atom stereocenters. The lowest BCUT2D eigenvalue weighted by Gasteiger charge is -2.21. The molecule has 2 aliphatic heterocycles. The van der Waals surface area contributed by atoms with Gasteiger partial charge in [-0.1, -0.05) is 12.1 Å². The van der Waals surface area contributed by atoms with Crippen molar-refractivity contribution in [3.05, 3.63) is 53.6 Å². The zero-order valence-corrected chi connectivity index (χ0v) is 13.0. The Morgan fingerprint density at radius 1 is 0.833 bits per heavy atom. The number of carbonyl (C=O) groups excluding carboxylic acids is 2. The van der Waals surface area contributed by atoms with E-state index in [0.717, 1.165) is 25.7 Å². The third-order valence-corrected chi connectivity index (χ3v) is 4.94. The lowest BCUT2D eigenvalue weighted by molar-refractivity contribution is -0.0716. The van der Waals surface area contributed by atoms with Crippen LogP contribution in [0.2, 0.25) is 0 Å². The average molecular weight is 321 g/mol. The van der Waals surface area contributed by atoms with Gasteiger partial charge in [0, 0.05) is 18.9 Å². The molecule has 120 valence electrons. The maximum atomic E-state index is 12.6. The van der Waals surface area contributed by atoms with Crippen LogP contribution < -0.4 is 14.4 Å². The van der Waals surface area contributed by atoms with Gasteiger partial charge in [-0.25, -0.2) is 4.90 Å². The van der Waals surface area contributed by atoms with E-state index in [4.69, 9.17) is 9.47 Å². The predicted molar refractivity (Wildman–Crippen MR) is 86.5 cm³/mol. The smallest absolute Gasteiger partial charge is 0.266 e. The first-order valence-corrected chi connectivity index (χ1v) is 8.17. The van der Waals surface area contributed by atoms with Crippen molar-refractivity contribution in [2.24, 2.45) is 0 Å². The number of benzene rings is 2. The molecular weight excluding hydrogens is 306 g/mol. The third kappa shape index (κ3) is 1.75. The van der Waals surface area contributed by atoms with Crippen LogP contribution >= 0.6 is 0 Å². The molecule has 0 bridgehead atoms. The Morgan fingerprint density at radius 3 is 2.12 bits per heavy atom. The van der Waals surface area contributed by atoms with E-state index in [-0.39, 0.29) is 11.8 Å². The number of rotatable bonds is 1. The van der Waals surface area contributed by atoms with E-state index >= 15 is 0 Å². The molecule has 1 spiro atoms. The molecule has 2 aromatic carbocycles. The highest BCUT2D eigenvalue weighted by molar-refractivity contribution is 6.34. The Labute approximate surface area is 138 Å². The van der Waals surface area contributed by atoms with E-state index in [1.807, 2.05) is 0 Å². The molecule has 2 aromatic rings. The van der Waals surface area contributed by atoms with Gasteiger partial charge < -0.3 is 9.47 Å². The number of fused-ring (bicyclic) bond motifs is 2. The summed E-state index contributed by atoms with van der Waals surface area (Å²) in [6, 6.07) is 12.1. The van der Waals surface area contributed by atoms with Gasteiger partial charge in [-0.15, -0.1) is 0 Å². The molecule has 0 N–H and O–H groups in total. The minimum absolute atomic E-state index is 0.301. The van der Waals surface area contributed by atoms with E-state index in [1.54, 1.807) is 42.5 Å². The van der Waals surface area contributed by atoms with Gasteiger partial charge in [0.15, 0.2) is 11.5 Å². The first-order valence-electron chi connectivity index (χ1n) is 8.17. The van der Waals surface area contributed by atoms with Crippen LogP contribution in [0.1, 0.15) is 46.4 Å². The third-order valence-electron chi connectivity index (χ3n) is 4.94. The molecular formula is C19H15NO4. The van der Waals surface area contributed by atoms with Gasteiger partial charge in [-0.3, -0.25) is 9.59 Å². The summed E-state index contributed by atoms with van der Waals surface area (Å²) in [5.74, 6) is 0.126. The van der Waals surface area contributed by atoms with Crippen LogP contribution in [0.25, 0.3) is 0 Å². The minimum atomic E-state index is -0.553. The molecule has 5 heteroatoms. The fraction of sp³-hybridized carbons (Fsp3) is 0.263. The second-order valence-electron chi connectivity index (χ2n) is 6.44. The van der Waals surface area contributed by atoms with Crippen LogP contribution in [0.5, 0.6) is 11.5 Å². The molecule has 3 aliphatic rings. The Kier molecular flexibility index (Phi) is 2.61. The van der Waals surface area contributed by atoms with Gasteiger partial charge in [0.25, 0.3) is 17.6 Å². The van der Waals surface area contributed by atoms with E-state index in [9.17, 15) is 9.59 Å². The zero-order chi connectivity index (χ0) is 16.3. The first kappa shape index (κ1) is 13.6. The Bertz CT molecular complexity index is 848. The molecule has 0 radical (unpaired) electrons. The number of nitrogens with zero attached hydrogens (tertiary/aromatic N) is 1. The van der Waals surface area contributed by atoms with Crippen molar-refractivity contribution >= 4 is 17.5 Å². The normalized spacial score (nSPS) is 20.1. The molecule has 1 aliphatic carbocycles. The van der Waals surface area contributed by atoms with Crippen molar-refractivity contribution in [3.8, 4) is 11.5 Å². The van der Waals surface area contributed by atoms with Crippen molar-refractivity contribution in [3.63, 3.8) is 0 Å². The minimum Gasteiger partial charge on any atom is -0.448 e. The van der Waals surface area contributed by atoms with Gasteiger partial charge in [-0.2, -0.15) is 0 Å². The number of carbonyl (C=O) groups is 2. The number of hydrogen-bond acceptors (Lipinski definition) is 4. The summed E-state index contributed by atoms with van der Waals surface area (Å²) in [6.45, 7) is 0. The Hall–Kier alpha value is -2.82. The van der Waals surface area contributed by atoms with Gasteiger partial charge in [0.2, 0.25) is 0 Å². The fourth-order valence-corrected chi connectivity index (χ4v) is 3.76. The molecule has 5 rings (SSSR count). The Morgan fingerprint density at radius 2 is 1.46 bits per heavy atom. The number of amides is 2. The average Bonchev–Trinajstić information content (AvgIpc) is 3.26. The van der Waals surface area contributed by atoms with E-state index in [0.29, 0.717) is 28.3 Å². The molecule has 1 saturated carbocycles. The van der Waals surface area contributed by atoms with Gasteiger partial charge in [0.1, 0.15) is 0 Å². The summed E-state index contributed by atoms with van der Waals surface area (Å²) in [5.41, 5.74) is 1.39. The lowest BCUT2D eigenvalue weighted by atomic mass is 10.1. The van der Waals surface area contributed by atoms with Gasteiger partial charge in [-0.05, 0) is 37.1 Å². The summed E-state index contributed by atoms with van der Waals surface area (Å²) in [5, 5.41) is 0. The van der Waals surface area contributed by atoms with Crippen LogP contribution in [-0.2, 0) is 0 Å². The van der Waals surface area contributed by atoms with E-state index in [1.165, 1.54) is 4.90 Å². The fourth-order valence-electron chi connectivity index (χ4n) is 3.76. The largest absolute Gasteiger partial charge is 0.448 e. The molecule has 2 amide bonds. The van der Waals surface area contributed by atoms with E-state index in [2.05, 4.69) is 0 Å². The van der Waals surface area contributed by atoms with Crippen LogP contribution in [0.3, 0.4) is 0 Å². The molecule has 5 nitrogen and oxygen atoms in total. The quantitative estimate of drug-likeness (QED) is 0.754. The summed E-state index contributed by atoms with van der Waals surface area (Å²) in [6.07, 6.45) is 3.90. The van der Waals surface area contributed by atoms with E-state index < -0.39 is 5.79 Å². The monoisotopic (exact) mass is 321 g/mol. The van der Waals surface area contributed by atoms with Gasteiger partial charge in [0.05, 0.1) is 16.8 Å². The lowest BCUT2D eigenvalue weighted by Crippen LogP contribution is -2.34. The molecule has 0 saturated heterocycles. The van der Waals surface area contributed by atoms with Crippen LogP contribution in [0.4, 0.5) is 5.69 Å². The van der Waals surface area contributed by atoms with Crippen LogP contribution in [0, 0.1) is 0 Å². The maximum absolute atomic E-state index is 12.6. The van der Waals surface area contributed by atoms with Gasteiger partial charge >= 0.3 is 0 Å². The SMILES string of the molecule is O=C1c2ccccc2C(=O)N1c1ccc2c(c1)OC1(CCCC1)O2. The van der Waals surface area contributed by atoms with Crippen molar-refractivity contribution in [1.29, 1.82) is 0 Å². The second kappa shape index (κ2) is 4.60. The first-order chi connectivity index (χ1) is 11.7. The summed E-state index contributed by atoms with van der Waals surface area (Å²) >= 11 is 0. The van der Waals surface area contributed by atoms with Crippen molar-refractivity contribution in [2.45, 2.75) is 31.5 Å². The van der Waals surface area contributed by atoms with Crippen molar-refractivity contribution < 1.29 is 19.1 Å². The summed E-state index contributed by atoms with van der Waals surface area (Å²) in [7, 11) is 0. The highest BCUT2D eigenvalue weighted by atomic mass is 16.7. The highest BCUT2D eigenvalue weighted by Crippen LogP contribution is 2.48. The molecule has 0 unspecified atom stereocenters. The highest BCUT2D eigenvalue weighted by Gasteiger charge is 2.45. The molecule has 1 fully saturated rings. The maximum Gasteiger partial charge on any atom is 0.266 e. The Balaban J connectivity index is 1.52.